The van der Waals surface area contributed by atoms with Crippen LogP contribution >= 0.6 is 0 Å². The van der Waals surface area contributed by atoms with E-state index in [1.165, 1.54) is 7.11 Å². The van der Waals surface area contributed by atoms with Crippen molar-refractivity contribution in [3.63, 3.8) is 0 Å². The number of fused-ring (bicyclic) bond motifs is 1. The maximum atomic E-state index is 12.1. The average molecular weight is 233 g/mol. The Morgan fingerprint density at radius 1 is 1.35 bits per heavy atom. The Morgan fingerprint density at radius 3 is 2.76 bits per heavy atom. The summed E-state index contributed by atoms with van der Waals surface area (Å²) in [5.74, 6) is -2.48. The Kier molecular flexibility index (Phi) is 2.91. The van der Waals surface area contributed by atoms with E-state index in [1.807, 2.05) is 0 Å². The number of rotatable bonds is 1. The van der Waals surface area contributed by atoms with Crippen LogP contribution in [0.3, 0.4) is 0 Å². The van der Waals surface area contributed by atoms with E-state index in [0.717, 1.165) is 0 Å². The van der Waals surface area contributed by atoms with Crippen molar-refractivity contribution in [1.82, 2.24) is 0 Å². The third-order valence-corrected chi connectivity index (χ3v) is 2.66. The Bertz CT molecular complexity index is 495. The number of para-hydroxylation sites is 1. The smallest absolute Gasteiger partial charge is 0.317 e. The molecule has 0 saturated carbocycles. The summed E-state index contributed by atoms with van der Waals surface area (Å²) in [6.07, 6.45) is -0.180. The summed E-state index contributed by atoms with van der Waals surface area (Å²) in [4.78, 5) is 35.1. The second-order valence-corrected chi connectivity index (χ2v) is 3.74. The topological polar surface area (TPSA) is 72.5 Å². The highest BCUT2D eigenvalue weighted by atomic mass is 16.5. The average Bonchev–Trinajstić information content (AvgIpc) is 2.46. The third kappa shape index (κ3) is 2.04. The number of ketones is 1. The lowest BCUT2D eigenvalue weighted by Crippen LogP contribution is -2.27. The van der Waals surface area contributed by atoms with Crippen LogP contribution < -0.4 is 5.32 Å². The molecule has 0 bridgehead atoms. The van der Waals surface area contributed by atoms with Gasteiger partial charge in [0.25, 0.3) is 0 Å². The first-order chi connectivity index (χ1) is 8.13. The van der Waals surface area contributed by atoms with Crippen molar-refractivity contribution in [2.24, 2.45) is 5.92 Å². The summed E-state index contributed by atoms with van der Waals surface area (Å²) < 4.78 is 4.54. The Labute approximate surface area is 97.8 Å². The molecule has 1 aromatic rings. The maximum Gasteiger partial charge on any atom is 0.317 e. The highest BCUT2D eigenvalue weighted by molar-refractivity contribution is 6.17. The van der Waals surface area contributed by atoms with E-state index in [0.29, 0.717) is 11.3 Å². The molecular weight excluding hydrogens is 222 g/mol. The van der Waals surface area contributed by atoms with Crippen molar-refractivity contribution in [3.8, 4) is 0 Å². The predicted octanol–water partition coefficient (Wildman–Crippen LogP) is 1.00. The molecule has 1 aliphatic heterocycles. The van der Waals surface area contributed by atoms with E-state index in [-0.39, 0.29) is 18.1 Å². The van der Waals surface area contributed by atoms with Crippen molar-refractivity contribution in [2.75, 3.05) is 12.4 Å². The molecule has 0 aromatic heterocycles. The van der Waals surface area contributed by atoms with Crippen molar-refractivity contribution < 1.29 is 19.1 Å². The van der Waals surface area contributed by atoms with Crippen LogP contribution in [0.2, 0.25) is 0 Å². The predicted molar refractivity (Wildman–Crippen MR) is 59.5 cm³/mol. The number of hydrogen-bond acceptors (Lipinski definition) is 4. The fourth-order valence-electron chi connectivity index (χ4n) is 1.81. The minimum absolute atomic E-state index is 0.180. The summed E-state index contributed by atoms with van der Waals surface area (Å²) in [6.45, 7) is 0. The molecule has 5 nitrogen and oxygen atoms in total. The molecule has 1 aromatic carbocycles. The number of nitrogens with one attached hydrogen (secondary N) is 1. The van der Waals surface area contributed by atoms with Gasteiger partial charge in [0.05, 0.1) is 12.8 Å². The number of hydrogen-bond donors (Lipinski definition) is 1. The second kappa shape index (κ2) is 4.37. The third-order valence-electron chi connectivity index (χ3n) is 2.66. The van der Waals surface area contributed by atoms with E-state index < -0.39 is 11.9 Å². The number of ether oxygens (including phenoxy) is 1. The number of amides is 1. The van der Waals surface area contributed by atoms with Gasteiger partial charge >= 0.3 is 5.97 Å². The van der Waals surface area contributed by atoms with E-state index in [1.54, 1.807) is 24.3 Å². The molecule has 0 radical (unpaired) electrons. The van der Waals surface area contributed by atoms with Crippen LogP contribution in [0.1, 0.15) is 16.8 Å². The van der Waals surface area contributed by atoms with Gasteiger partial charge in [0.15, 0.2) is 5.78 Å². The van der Waals surface area contributed by atoms with Crippen molar-refractivity contribution in [3.05, 3.63) is 29.8 Å². The van der Waals surface area contributed by atoms with E-state index in [9.17, 15) is 14.4 Å². The number of benzene rings is 1. The first-order valence-electron chi connectivity index (χ1n) is 5.14. The van der Waals surface area contributed by atoms with Gasteiger partial charge < -0.3 is 10.1 Å². The van der Waals surface area contributed by atoms with Crippen molar-refractivity contribution >= 4 is 23.3 Å². The molecule has 1 atom stereocenters. The molecule has 1 heterocycles. The molecule has 0 fully saturated rings. The fraction of sp³-hybridized carbons (Fsp3) is 0.250. The SMILES string of the molecule is COC(=O)C1CC(=O)Nc2ccccc2C1=O. The van der Waals surface area contributed by atoms with Gasteiger partial charge in [0.1, 0.15) is 5.92 Å². The normalized spacial score (nSPS) is 19.0. The van der Waals surface area contributed by atoms with Crippen LogP contribution in [0.4, 0.5) is 5.69 Å². The van der Waals surface area contributed by atoms with E-state index in [4.69, 9.17) is 0 Å². The van der Waals surface area contributed by atoms with Crippen LogP contribution in [-0.2, 0) is 14.3 Å². The molecule has 2 rings (SSSR count). The monoisotopic (exact) mass is 233 g/mol. The lowest BCUT2D eigenvalue weighted by Gasteiger charge is -2.09. The quantitative estimate of drug-likeness (QED) is 0.580. The molecule has 0 spiro atoms. The van der Waals surface area contributed by atoms with E-state index >= 15 is 0 Å². The largest absolute Gasteiger partial charge is 0.468 e. The summed E-state index contributed by atoms with van der Waals surface area (Å²) in [7, 11) is 1.20. The molecule has 1 unspecified atom stereocenters. The molecule has 1 aliphatic rings. The molecule has 0 saturated heterocycles. The molecule has 0 aliphatic carbocycles. The van der Waals surface area contributed by atoms with Gasteiger partial charge in [-0.3, -0.25) is 14.4 Å². The standard InChI is InChI=1S/C12H11NO4/c1-17-12(16)8-6-10(14)13-9-5-3-2-4-7(9)11(8)15/h2-5,8H,6H2,1H3,(H,13,14). The Morgan fingerprint density at radius 2 is 2.06 bits per heavy atom. The fourth-order valence-corrected chi connectivity index (χ4v) is 1.81. The molecule has 17 heavy (non-hydrogen) atoms. The molecule has 88 valence electrons. The van der Waals surface area contributed by atoms with Crippen LogP contribution in [0.15, 0.2) is 24.3 Å². The van der Waals surface area contributed by atoms with Crippen molar-refractivity contribution in [1.29, 1.82) is 0 Å². The minimum Gasteiger partial charge on any atom is -0.468 e. The molecular formula is C12H11NO4. The minimum atomic E-state index is -1.05. The van der Waals surface area contributed by atoms with Gasteiger partial charge in [-0.05, 0) is 12.1 Å². The zero-order valence-corrected chi connectivity index (χ0v) is 9.23. The number of esters is 1. The lowest BCUT2D eigenvalue weighted by atomic mass is 9.95. The molecule has 1 amide bonds. The zero-order valence-electron chi connectivity index (χ0n) is 9.23. The van der Waals surface area contributed by atoms with Gasteiger partial charge in [0, 0.05) is 12.0 Å². The first kappa shape index (κ1) is 11.3. The highest BCUT2D eigenvalue weighted by Gasteiger charge is 2.34. The lowest BCUT2D eigenvalue weighted by molar-refractivity contribution is -0.145. The van der Waals surface area contributed by atoms with Gasteiger partial charge in [0.2, 0.25) is 5.91 Å². The summed E-state index contributed by atoms with van der Waals surface area (Å²) in [6, 6.07) is 6.61. The van der Waals surface area contributed by atoms with Crippen molar-refractivity contribution in [2.45, 2.75) is 6.42 Å². The Hall–Kier alpha value is -2.17. The zero-order chi connectivity index (χ0) is 12.4. The maximum absolute atomic E-state index is 12.1. The van der Waals surface area contributed by atoms with E-state index in [2.05, 4.69) is 10.1 Å². The number of anilines is 1. The van der Waals surface area contributed by atoms with Crippen LogP contribution in [-0.4, -0.2) is 24.8 Å². The number of carbonyl (C=O) groups excluding carboxylic acids is 3. The molecule has 1 N–H and O–H groups in total. The van der Waals surface area contributed by atoms with Crippen LogP contribution in [0.5, 0.6) is 0 Å². The Balaban J connectivity index is 2.46. The van der Waals surface area contributed by atoms with Gasteiger partial charge in [-0.1, -0.05) is 12.1 Å². The van der Waals surface area contributed by atoms with Crippen LogP contribution in [0.25, 0.3) is 0 Å². The second-order valence-electron chi connectivity index (χ2n) is 3.74. The van der Waals surface area contributed by atoms with Gasteiger partial charge in [-0.25, -0.2) is 0 Å². The number of Topliss-reactive ketones (excluding diaryl/α,β-unsaturated/α-hetero) is 1. The summed E-state index contributed by atoms with van der Waals surface area (Å²) in [5.41, 5.74) is 0.780. The van der Waals surface area contributed by atoms with Gasteiger partial charge in [-0.2, -0.15) is 0 Å². The van der Waals surface area contributed by atoms with Crippen LogP contribution in [0, 0.1) is 5.92 Å². The number of carbonyl (C=O) groups is 3. The highest BCUT2D eigenvalue weighted by Crippen LogP contribution is 2.25. The van der Waals surface area contributed by atoms with Gasteiger partial charge in [-0.15, -0.1) is 0 Å². The summed E-state index contributed by atoms with van der Waals surface area (Å²) >= 11 is 0. The number of methoxy groups -OCH3 is 1. The molecule has 5 heteroatoms. The summed E-state index contributed by atoms with van der Waals surface area (Å²) in [5, 5.41) is 2.59. The first-order valence-corrected chi connectivity index (χ1v) is 5.14.